The molecule has 0 aliphatic rings. The number of nitrogens with one attached hydrogen (secondary N) is 2. The number of halogens is 1. The minimum Gasteiger partial charge on any atom is -0.382 e. The monoisotopic (exact) mass is 326 g/mol. The average molecular weight is 327 g/mol. The molecule has 0 fully saturated rings. The van der Waals surface area contributed by atoms with E-state index in [1.54, 1.807) is 6.20 Å². The minimum atomic E-state index is -0.204. The second-order valence-electron chi connectivity index (χ2n) is 3.84. The van der Waals surface area contributed by atoms with Gasteiger partial charge in [0.25, 0.3) is 0 Å². The highest BCUT2D eigenvalue weighted by Gasteiger charge is 1.95. The lowest BCUT2D eigenvalue weighted by molar-refractivity contribution is 0.145. The zero-order valence-electron chi connectivity index (χ0n) is 11.0. The number of rotatable bonds is 7. The minimum absolute atomic E-state index is 0.204. The van der Waals surface area contributed by atoms with E-state index in [0.29, 0.717) is 19.8 Å². The Kier molecular flexibility index (Phi) is 7.93. The number of urea groups is 1. The van der Waals surface area contributed by atoms with Crippen LogP contribution < -0.4 is 10.6 Å². The topological polar surface area (TPSA) is 50.4 Å². The third-order valence-electron chi connectivity index (χ3n) is 2.32. The molecule has 0 aliphatic carbocycles. The Labute approximate surface area is 122 Å². The fraction of sp³-hybridized carbons (Fsp3) is 0.357. The molecule has 0 aromatic heterocycles. The Morgan fingerprint density at radius 3 is 2.79 bits per heavy atom. The van der Waals surface area contributed by atoms with Crippen LogP contribution in [0.3, 0.4) is 0 Å². The normalized spacial score (nSPS) is 10.6. The Morgan fingerprint density at radius 1 is 1.37 bits per heavy atom. The largest absolute Gasteiger partial charge is 0.382 e. The summed E-state index contributed by atoms with van der Waals surface area (Å²) in [5.74, 6) is 0. The van der Waals surface area contributed by atoms with Crippen LogP contribution in [0.15, 0.2) is 34.9 Å². The van der Waals surface area contributed by atoms with E-state index in [1.165, 1.54) is 0 Å². The van der Waals surface area contributed by atoms with Crippen molar-refractivity contribution in [3.63, 3.8) is 0 Å². The number of hydrogen-bond acceptors (Lipinski definition) is 2. The van der Waals surface area contributed by atoms with Crippen molar-refractivity contribution < 1.29 is 9.53 Å². The van der Waals surface area contributed by atoms with Crippen LogP contribution in [0.2, 0.25) is 0 Å². The molecule has 0 atom stereocenters. The maximum Gasteiger partial charge on any atom is 0.318 e. The van der Waals surface area contributed by atoms with Gasteiger partial charge in [0, 0.05) is 30.4 Å². The fourth-order valence-corrected chi connectivity index (χ4v) is 1.62. The van der Waals surface area contributed by atoms with E-state index >= 15 is 0 Å². The van der Waals surface area contributed by atoms with Gasteiger partial charge in [-0.25, -0.2) is 4.79 Å². The second-order valence-corrected chi connectivity index (χ2v) is 4.75. The summed E-state index contributed by atoms with van der Waals surface area (Å²) in [4.78, 5) is 11.4. The van der Waals surface area contributed by atoms with E-state index in [4.69, 9.17) is 4.74 Å². The molecule has 0 saturated heterocycles. The van der Waals surface area contributed by atoms with E-state index < -0.39 is 0 Å². The van der Waals surface area contributed by atoms with Crippen molar-refractivity contribution in [3.05, 3.63) is 40.5 Å². The van der Waals surface area contributed by atoms with Gasteiger partial charge in [0.05, 0.1) is 0 Å². The van der Waals surface area contributed by atoms with Gasteiger partial charge in [-0.15, -0.1) is 0 Å². The van der Waals surface area contributed by atoms with E-state index in [-0.39, 0.29) is 6.03 Å². The molecule has 0 bridgehead atoms. The summed E-state index contributed by atoms with van der Waals surface area (Å²) in [5, 5.41) is 5.40. The number of amides is 2. The van der Waals surface area contributed by atoms with Crippen molar-refractivity contribution in [2.75, 3.05) is 19.8 Å². The number of ether oxygens (including phenoxy) is 1. The van der Waals surface area contributed by atoms with Gasteiger partial charge in [-0.1, -0.05) is 28.1 Å². The Balaban J connectivity index is 2.17. The van der Waals surface area contributed by atoms with Gasteiger partial charge in [-0.3, -0.25) is 0 Å². The SMILES string of the molecule is CCOCCCNC(=O)N/C=C/c1ccc(Br)cc1. The van der Waals surface area contributed by atoms with E-state index in [2.05, 4.69) is 26.6 Å². The zero-order valence-corrected chi connectivity index (χ0v) is 12.6. The van der Waals surface area contributed by atoms with Gasteiger partial charge in [-0.2, -0.15) is 0 Å². The summed E-state index contributed by atoms with van der Waals surface area (Å²) in [6.45, 7) is 3.94. The molecule has 0 saturated carbocycles. The van der Waals surface area contributed by atoms with Gasteiger partial charge >= 0.3 is 6.03 Å². The van der Waals surface area contributed by atoms with E-state index in [1.807, 2.05) is 37.3 Å². The Bertz CT molecular complexity index is 404. The first-order chi connectivity index (χ1) is 9.22. The zero-order chi connectivity index (χ0) is 13.9. The molecule has 4 nitrogen and oxygen atoms in total. The first-order valence-corrected chi connectivity index (χ1v) is 7.06. The van der Waals surface area contributed by atoms with Crippen LogP contribution in [0.25, 0.3) is 6.08 Å². The van der Waals surface area contributed by atoms with Gasteiger partial charge in [0.15, 0.2) is 0 Å². The van der Waals surface area contributed by atoms with Crippen LogP contribution in [0, 0.1) is 0 Å². The number of benzene rings is 1. The maximum atomic E-state index is 11.4. The van der Waals surface area contributed by atoms with Gasteiger partial charge in [0.1, 0.15) is 0 Å². The first-order valence-electron chi connectivity index (χ1n) is 6.26. The lowest BCUT2D eigenvalue weighted by atomic mass is 10.2. The molecule has 0 radical (unpaired) electrons. The summed E-state index contributed by atoms with van der Waals surface area (Å²) in [7, 11) is 0. The molecule has 104 valence electrons. The molecule has 0 heterocycles. The van der Waals surface area contributed by atoms with Gasteiger partial charge < -0.3 is 15.4 Å². The lowest BCUT2D eigenvalue weighted by Crippen LogP contribution is -2.33. The van der Waals surface area contributed by atoms with Crippen molar-refractivity contribution >= 4 is 28.0 Å². The Morgan fingerprint density at radius 2 is 2.11 bits per heavy atom. The second kappa shape index (κ2) is 9.58. The molecule has 2 amide bonds. The number of carbonyl (C=O) groups excluding carboxylic acids is 1. The number of hydrogen-bond donors (Lipinski definition) is 2. The van der Waals surface area contributed by atoms with E-state index in [9.17, 15) is 4.79 Å². The van der Waals surface area contributed by atoms with Crippen LogP contribution in [0.1, 0.15) is 18.9 Å². The molecule has 0 spiro atoms. The van der Waals surface area contributed by atoms with Crippen molar-refractivity contribution in [1.82, 2.24) is 10.6 Å². The fourth-order valence-electron chi connectivity index (χ4n) is 1.36. The molecule has 1 aromatic rings. The predicted octanol–water partition coefficient (Wildman–Crippen LogP) is 3.15. The summed E-state index contributed by atoms with van der Waals surface area (Å²) in [6, 6.07) is 7.62. The molecule has 0 unspecified atom stereocenters. The van der Waals surface area contributed by atoms with Crippen molar-refractivity contribution in [2.45, 2.75) is 13.3 Å². The van der Waals surface area contributed by atoms with Crippen molar-refractivity contribution in [2.24, 2.45) is 0 Å². The molecule has 2 N–H and O–H groups in total. The van der Waals surface area contributed by atoms with Crippen LogP contribution in [-0.2, 0) is 4.74 Å². The van der Waals surface area contributed by atoms with Crippen LogP contribution in [0.5, 0.6) is 0 Å². The summed E-state index contributed by atoms with van der Waals surface area (Å²) < 4.78 is 6.21. The van der Waals surface area contributed by atoms with Crippen LogP contribution >= 0.6 is 15.9 Å². The third-order valence-corrected chi connectivity index (χ3v) is 2.84. The summed E-state index contributed by atoms with van der Waals surface area (Å²) in [5.41, 5.74) is 1.03. The smallest absolute Gasteiger partial charge is 0.318 e. The number of carbonyl (C=O) groups is 1. The summed E-state index contributed by atoms with van der Waals surface area (Å²) >= 11 is 3.37. The average Bonchev–Trinajstić information content (AvgIpc) is 2.41. The van der Waals surface area contributed by atoms with Crippen molar-refractivity contribution in [1.29, 1.82) is 0 Å². The third kappa shape index (κ3) is 7.64. The molecule has 0 aliphatic heterocycles. The highest BCUT2D eigenvalue weighted by molar-refractivity contribution is 9.10. The highest BCUT2D eigenvalue weighted by atomic mass is 79.9. The van der Waals surface area contributed by atoms with E-state index in [0.717, 1.165) is 16.5 Å². The van der Waals surface area contributed by atoms with Gasteiger partial charge in [-0.05, 0) is 37.1 Å². The quantitative estimate of drug-likeness (QED) is 0.756. The summed E-state index contributed by atoms with van der Waals surface area (Å²) in [6.07, 6.45) is 4.28. The molecule has 19 heavy (non-hydrogen) atoms. The first kappa shape index (κ1) is 15.7. The molecular formula is C14H19BrN2O2. The van der Waals surface area contributed by atoms with Gasteiger partial charge in [0.2, 0.25) is 0 Å². The van der Waals surface area contributed by atoms with Crippen LogP contribution in [-0.4, -0.2) is 25.8 Å². The maximum absolute atomic E-state index is 11.4. The highest BCUT2D eigenvalue weighted by Crippen LogP contribution is 2.10. The molecule has 1 aromatic carbocycles. The van der Waals surface area contributed by atoms with Crippen molar-refractivity contribution in [3.8, 4) is 0 Å². The standard InChI is InChI=1S/C14H19BrN2O2/c1-2-19-11-3-9-16-14(18)17-10-8-12-4-6-13(15)7-5-12/h4-8,10H,2-3,9,11H2,1H3,(H2,16,17,18)/b10-8+. The molecule has 1 rings (SSSR count). The molecule has 5 heteroatoms. The Hall–Kier alpha value is -1.33. The lowest BCUT2D eigenvalue weighted by Gasteiger charge is -2.04. The van der Waals surface area contributed by atoms with Crippen LogP contribution in [0.4, 0.5) is 4.79 Å². The molecular weight excluding hydrogens is 308 g/mol. The predicted molar refractivity (Wildman–Crippen MR) is 80.8 cm³/mol.